The highest BCUT2D eigenvalue weighted by atomic mass is 32.1. The molecule has 2 amide bonds. The molecule has 154 valence electrons. The van der Waals surface area contributed by atoms with Crippen LogP contribution in [0.3, 0.4) is 0 Å². The van der Waals surface area contributed by atoms with Gasteiger partial charge in [-0.3, -0.25) is 9.59 Å². The molecule has 0 saturated carbocycles. The number of carbonyl (C=O) groups is 2. The van der Waals surface area contributed by atoms with E-state index in [0.29, 0.717) is 5.56 Å². The van der Waals surface area contributed by atoms with Crippen molar-refractivity contribution in [2.45, 2.75) is 31.7 Å². The Morgan fingerprint density at radius 2 is 1.77 bits per heavy atom. The van der Waals surface area contributed by atoms with Gasteiger partial charge in [-0.05, 0) is 66.0 Å². The highest BCUT2D eigenvalue weighted by Crippen LogP contribution is 2.30. The van der Waals surface area contributed by atoms with E-state index in [1.165, 1.54) is 28.9 Å². The van der Waals surface area contributed by atoms with Gasteiger partial charge in [0, 0.05) is 17.5 Å². The Morgan fingerprint density at radius 1 is 1.00 bits per heavy atom. The maximum absolute atomic E-state index is 12.9. The first-order valence-electron chi connectivity index (χ1n) is 10.4. The van der Waals surface area contributed by atoms with Crippen LogP contribution in [-0.4, -0.2) is 30.3 Å². The second-order valence-corrected chi connectivity index (χ2v) is 8.76. The average Bonchev–Trinajstić information content (AvgIpc) is 3.32. The molecule has 0 saturated heterocycles. The van der Waals surface area contributed by atoms with Crippen molar-refractivity contribution in [1.29, 1.82) is 0 Å². The Bertz CT molecular complexity index is 1010. The van der Waals surface area contributed by atoms with Gasteiger partial charge in [-0.1, -0.05) is 42.5 Å². The van der Waals surface area contributed by atoms with Crippen LogP contribution in [-0.2, 0) is 17.6 Å². The van der Waals surface area contributed by atoms with Crippen LogP contribution in [0, 0.1) is 0 Å². The molecular formula is C25H26N2O2S. The highest BCUT2D eigenvalue weighted by Gasteiger charge is 2.22. The van der Waals surface area contributed by atoms with Crippen molar-refractivity contribution >= 4 is 23.2 Å². The van der Waals surface area contributed by atoms with Gasteiger partial charge < -0.3 is 10.2 Å². The van der Waals surface area contributed by atoms with E-state index in [1.54, 1.807) is 30.5 Å². The monoisotopic (exact) mass is 418 g/mol. The van der Waals surface area contributed by atoms with Gasteiger partial charge in [0.1, 0.15) is 0 Å². The fraction of sp³-hybridized carbons (Fsp3) is 0.280. The summed E-state index contributed by atoms with van der Waals surface area (Å²) in [5.41, 5.74) is 4.50. The first-order valence-corrected chi connectivity index (χ1v) is 11.2. The van der Waals surface area contributed by atoms with Gasteiger partial charge >= 0.3 is 0 Å². The van der Waals surface area contributed by atoms with Gasteiger partial charge in [0.05, 0.1) is 12.6 Å². The van der Waals surface area contributed by atoms with Crippen molar-refractivity contribution in [3.05, 3.63) is 93.2 Å². The third-order valence-electron chi connectivity index (χ3n) is 5.59. The lowest BCUT2D eigenvalue weighted by Crippen LogP contribution is -2.40. The summed E-state index contributed by atoms with van der Waals surface area (Å²) >= 11 is 1.63. The molecule has 1 aromatic heterocycles. The van der Waals surface area contributed by atoms with Gasteiger partial charge in [-0.25, -0.2) is 0 Å². The van der Waals surface area contributed by atoms with E-state index in [0.717, 1.165) is 23.3 Å². The van der Waals surface area contributed by atoms with E-state index in [4.69, 9.17) is 0 Å². The Balaban J connectivity index is 1.50. The van der Waals surface area contributed by atoms with E-state index >= 15 is 0 Å². The molecule has 3 aromatic rings. The number of nitrogens with one attached hydrogen (secondary N) is 1. The van der Waals surface area contributed by atoms with Crippen LogP contribution in [0.25, 0.3) is 0 Å². The first kappa shape index (κ1) is 20.4. The van der Waals surface area contributed by atoms with Gasteiger partial charge in [-0.15, -0.1) is 11.3 Å². The predicted molar refractivity (Wildman–Crippen MR) is 121 cm³/mol. The highest BCUT2D eigenvalue weighted by molar-refractivity contribution is 7.10. The summed E-state index contributed by atoms with van der Waals surface area (Å²) in [7, 11) is 1.66. The lowest BCUT2D eigenvalue weighted by Gasteiger charge is -2.23. The SMILES string of the molecule is CN(CC(=O)NC(c1ccc2c(c1)CCCC2)c1cccs1)C(=O)c1ccccc1. The molecule has 1 atom stereocenters. The standard InChI is InChI=1S/C25H26N2O2S/c1-27(25(29)19-9-3-2-4-10-19)17-23(28)26-24(22-12-7-15-30-22)21-14-13-18-8-5-6-11-20(18)16-21/h2-4,7,9-10,12-16,24H,5-6,8,11,17H2,1H3,(H,26,28). The molecule has 5 heteroatoms. The molecule has 0 aliphatic heterocycles. The average molecular weight is 419 g/mol. The van der Waals surface area contributed by atoms with Crippen LogP contribution < -0.4 is 5.32 Å². The fourth-order valence-electron chi connectivity index (χ4n) is 4.00. The summed E-state index contributed by atoms with van der Waals surface area (Å²) in [5.74, 6) is -0.329. The van der Waals surface area contributed by atoms with Crippen LogP contribution >= 0.6 is 11.3 Å². The number of thiophene rings is 1. The molecule has 2 aromatic carbocycles. The van der Waals surface area contributed by atoms with Gasteiger partial charge in [0.2, 0.25) is 5.91 Å². The van der Waals surface area contributed by atoms with Crippen LogP contribution in [0.15, 0.2) is 66.0 Å². The van der Waals surface area contributed by atoms with E-state index in [1.807, 2.05) is 35.7 Å². The molecule has 1 aliphatic carbocycles. The maximum atomic E-state index is 12.9. The normalized spacial score (nSPS) is 13.9. The van der Waals surface area contributed by atoms with Crippen LogP contribution in [0.4, 0.5) is 0 Å². The van der Waals surface area contributed by atoms with E-state index in [9.17, 15) is 9.59 Å². The molecule has 0 spiro atoms. The number of carbonyl (C=O) groups excluding carboxylic acids is 2. The third kappa shape index (κ3) is 4.62. The number of rotatable bonds is 6. The van der Waals surface area contributed by atoms with Crippen molar-refractivity contribution in [2.75, 3.05) is 13.6 Å². The predicted octanol–water partition coefficient (Wildman–Crippen LogP) is 4.60. The lowest BCUT2D eigenvalue weighted by atomic mass is 9.89. The zero-order valence-electron chi connectivity index (χ0n) is 17.1. The zero-order valence-corrected chi connectivity index (χ0v) is 18.0. The molecule has 0 radical (unpaired) electrons. The largest absolute Gasteiger partial charge is 0.343 e. The van der Waals surface area contributed by atoms with E-state index in [2.05, 4.69) is 23.5 Å². The van der Waals surface area contributed by atoms with Crippen molar-refractivity contribution in [2.24, 2.45) is 0 Å². The topological polar surface area (TPSA) is 49.4 Å². The molecule has 1 heterocycles. The summed E-state index contributed by atoms with van der Waals surface area (Å²) in [5, 5.41) is 5.18. The van der Waals surface area contributed by atoms with Gasteiger partial charge in [0.25, 0.3) is 5.91 Å². The Kier molecular flexibility index (Phi) is 6.29. The molecule has 1 unspecified atom stereocenters. The second kappa shape index (κ2) is 9.26. The molecule has 1 N–H and O–H groups in total. The smallest absolute Gasteiger partial charge is 0.254 e. The molecule has 1 aliphatic rings. The van der Waals surface area contributed by atoms with E-state index in [-0.39, 0.29) is 24.4 Å². The van der Waals surface area contributed by atoms with Gasteiger partial charge in [-0.2, -0.15) is 0 Å². The summed E-state index contributed by atoms with van der Waals surface area (Å²) < 4.78 is 0. The zero-order chi connectivity index (χ0) is 20.9. The number of amides is 2. The van der Waals surface area contributed by atoms with Gasteiger partial charge in [0.15, 0.2) is 0 Å². The Hall–Kier alpha value is -2.92. The minimum atomic E-state index is -0.204. The summed E-state index contributed by atoms with van der Waals surface area (Å²) in [6.45, 7) is 0.0144. The van der Waals surface area contributed by atoms with Crippen LogP contribution in [0.1, 0.15) is 50.8 Å². The van der Waals surface area contributed by atoms with E-state index < -0.39 is 0 Å². The molecule has 30 heavy (non-hydrogen) atoms. The number of hydrogen-bond donors (Lipinski definition) is 1. The summed E-state index contributed by atoms with van der Waals surface area (Å²) in [6, 6.07) is 19.5. The summed E-state index contributed by atoms with van der Waals surface area (Å²) in [6.07, 6.45) is 4.71. The molecule has 4 rings (SSSR count). The number of fused-ring (bicyclic) bond motifs is 1. The van der Waals surface area contributed by atoms with Crippen molar-refractivity contribution in [3.63, 3.8) is 0 Å². The van der Waals surface area contributed by atoms with Crippen molar-refractivity contribution < 1.29 is 9.59 Å². The second-order valence-electron chi connectivity index (χ2n) is 7.78. The molecule has 0 fully saturated rings. The lowest BCUT2D eigenvalue weighted by molar-refractivity contribution is -0.122. The maximum Gasteiger partial charge on any atom is 0.254 e. The number of likely N-dealkylation sites (N-methyl/N-ethyl adjacent to an activating group) is 1. The molecule has 4 nitrogen and oxygen atoms in total. The quantitative estimate of drug-likeness (QED) is 0.636. The number of benzene rings is 2. The number of nitrogens with zero attached hydrogens (tertiary/aromatic N) is 1. The Morgan fingerprint density at radius 3 is 2.50 bits per heavy atom. The third-order valence-corrected chi connectivity index (χ3v) is 6.52. The summed E-state index contributed by atoms with van der Waals surface area (Å²) in [4.78, 5) is 28.0. The minimum Gasteiger partial charge on any atom is -0.343 e. The first-order chi connectivity index (χ1) is 14.6. The van der Waals surface area contributed by atoms with Crippen molar-refractivity contribution in [1.82, 2.24) is 10.2 Å². The Labute approximate surface area is 181 Å². The van der Waals surface area contributed by atoms with Crippen LogP contribution in [0.5, 0.6) is 0 Å². The molecular weight excluding hydrogens is 392 g/mol. The number of aryl methyl sites for hydroxylation is 2. The number of hydrogen-bond acceptors (Lipinski definition) is 3. The van der Waals surface area contributed by atoms with Crippen LogP contribution in [0.2, 0.25) is 0 Å². The fourth-order valence-corrected chi connectivity index (χ4v) is 4.80. The minimum absolute atomic E-state index is 0.0144. The molecule has 0 bridgehead atoms. The van der Waals surface area contributed by atoms with Crippen molar-refractivity contribution in [3.8, 4) is 0 Å².